The van der Waals surface area contributed by atoms with Gasteiger partial charge in [-0.2, -0.15) is 0 Å². The molecule has 0 bridgehead atoms. The number of carbonyl (C=O) groups is 2. The first kappa shape index (κ1) is 26.4. The first-order valence-electron chi connectivity index (χ1n) is 11.7. The van der Waals surface area contributed by atoms with Crippen molar-refractivity contribution in [2.24, 2.45) is 5.92 Å². The van der Waals surface area contributed by atoms with Crippen LogP contribution in [0.15, 0.2) is 36.4 Å². The Hall–Kier alpha value is -3.20. The van der Waals surface area contributed by atoms with E-state index in [9.17, 15) is 28.6 Å². The summed E-state index contributed by atoms with van der Waals surface area (Å²) < 4.78 is 27.3. The molecule has 0 unspecified atom stereocenters. The van der Waals surface area contributed by atoms with Crippen LogP contribution in [0.2, 0.25) is 0 Å². The van der Waals surface area contributed by atoms with Crippen molar-refractivity contribution in [1.29, 1.82) is 0 Å². The van der Waals surface area contributed by atoms with E-state index in [1.54, 1.807) is 32.0 Å². The van der Waals surface area contributed by atoms with E-state index in [1.165, 1.54) is 0 Å². The van der Waals surface area contributed by atoms with Gasteiger partial charge in [0.2, 0.25) is 0 Å². The van der Waals surface area contributed by atoms with Crippen molar-refractivity contribution in [3.05, 3.63) is 53.6 Å². The lowest BCUT2D eigenvalue weighted by Gasteiger charge is -2.39. The van der Waals surface area contributed by atoms with Crippen LogP contribution < -0.4 is 15.5 Å². The molecule has 2 aromatic rings. The molecule has 0 radical (unpaired) electrons. The lowest BCUT2D eigenvalue weighted by atomic mass is 9.64. The molecule has 1 aliphatic rings. The molecule has 0 heterocycles. The van der Waals surface area contributed by atoms with Crippen molar-refractivity contribution < 1.29 is 28.6 Å². The van der Waals surface area contributed by atoms with Crippen LogP contribution in [0.4, 0.5) is 30.6 Å². The average Bonchev–Trinajstić information content (AvgIpc) is 2.67. The van der Waals surface area contributed by atoms with Crippen LogP contribution >= 0.6 is 0 Å². The predicted octanol–water partition coefficient (Wildman–Crippen LogP) is 5.35. The Morgan fingerprint density at radius 1 is 1.09 bits per heavy atom. The molecular formula is C26H33F2N3O4. The number of aliphatic carboxylic acids is 1. The Labute approximate surface area is 204 Å². The van der Waals surface area contributed by atoms with E-state index in [0.29, 0.717) is 42.4 Å². The number of urea groups is 1. The third-order valence-corrected chi connectivity index (χ3v) is 6.10. The summed E-state index contributed by atoms with van der Waals surface area (Å²) in [6, 6.07) is 7.20. The highest BCUT2D eigenvalue weighted by molar-refractivity contribution is 6.02. The van der Waals surface area contributed by atoms with Crippen molar-refractivity contribution in [1.82, 2.24) is 0 Å². The predicted molar refractivity (Wildman–Crippen MR) is 132 cm³/mol. The molecule has 0 atom stereocenters. The highest BCUT2D eigenvalue weighted by atomic mass is 19.1. The van der Waals surface area contributed by atoms with Crippen LogP contribution in [0.25, 0.3) is 0 Å². The molecule has 1 aliphatic carbocycles. The molecule has 1 fully saturated rings. The SMILES string of the molecule is CC(C)CN(CC(C)(C)O)c1ccc(C2(C(=O)O)CCC2)cc1NC(=O)Nc1ccc(F)cc1F. The zero-order chi connectivity index (χ0) is 26.0. The molecular weight excluding hydrogens is 456 g/mol. The van der Waals surface area contributed by atoms with Gasteiger partial charge in [-0.25, -0.2) is 13.6 Å². The molecule has 9 heteroatoms. The summed E-state index contributed by atoms with van der Waals surface area (Å²) >= 11 is 0. The van der Waals surface area contributed by atoms with Crippen molar-refractivity contribution in [3.63, 3.8) is 0 Å². The number of carbonyl (C=O) groups excluding carboxylic acids is 1. The molecule has 7 nitrogen and oxygen atoms in total. The highest BCUT2D eigenvalue weighted by Gasteiger charge is 2.46. The van der Waals surface area contributed by atoms with E-state index in [2.05, 4.69) is 10.6 Å². The summed E-state index contributed by atoms with van der Waals surface area (Å²) in [7, 11) is 0. The fraction of sp³-hybridized carbons (Fsp3) is 0.462. The second-order valence-corrected chi connectivity index (χ2v) is 10.3. The van der Waals surface area contributed by atoms with Gasteiger partial charge in [-0.3, -0.25) is 4.79 Å². The Bertz CT molecular complexity index is 1090. The maximum Gasteiger partial charge on any atom is 0.323 e. The second-order valence-electron chi connectivity index (χ2n) is 10.3. The van der Waals surface area contributed by atoms with E-state index in [-0.39, 0.29) is 18.2 Å². The summed E-state index contributed by atoms with van der Waals surface area (Å²) in [4.78, 5) is 26.8. The number of hydrogen-bond donors (Lipinski definition) is 4. The van der Waals surface area contributed by atoms with Crippen LogP contribution in [0, 0.1) is 17.6 Å². The van der Waals surface area contributed by atoms with Gasteiger partial charge in [-0.15, -0.1) is 0 Å². The Balaban J connectivity index is 2.00. The first-order chi connectivity index (χ1) is 16.3. The number of amides is 2. The number of carboxylic acids is 1. The minimum absolute atomic E-state index is 0.196. The molecule has 0 spiro atoms. The molecule has 1 saturated carbocycles. The Morgan fingerprint density at radius 3 is 2.26 bits per heavy atom. The number of carboxylic acid groups (broad SMARTS) is 1. The smallest absolute Gasteiger partial charge is 0.323 e. The van der Waals surface area contributed by atoms with Gasteiger partial charge in [0, 0.05) is 19.2 Å². The third-order valence-electron chi connectivity index (χ3n) is 6.10. The maximum atomic E-state index is 14.1. The number of nitrogens with zero attached hydrogens (tertiary/aromatic N) is 1. The summed E-state index contributed by atoms with van der Waals surface area (Å²) in [5, 5.41) is 25.5. The number of hydrogen-bond acceptors (Lipinski definition) is 4. The minimum atomic E-state index is -1.04. The van der Waals surface area contributed by atoms with Gasteiger partial charge in [0.15, 0.2) is 0 Å². The van der Waals surface area contributed by atoms with Gasteiger partial charge >= 0.3 is 12.0 Å². The molecule has 0 aliphatic heterocycles. The number of benzene rings is 2. The molecule has 0 aromatic heterocycles. The Kier molecular flexibility index (Phi) is 7.69. The van der Waals surface area contributed by atoms with Gasteiger partial charge in [-0.05, 0) is 62.4 Å². The average molecular weight is 490 g/mol. The van der Waals surface area contributed by atoms with Crippen LogP contribution in [0.3, 0.4) is 0 Å². The fourth-order valence-electron chi connectivity index (χ4n) is 4.39. The van der Waals surface area contributed by atoms with Gasteiger partial charge in [0.05, 0.1) is 28.1 Å². The number of halogens is 2. The van der Waals surface area contributed by atoms with E-state index in [0.717, 1.165) is 18.6 Å². The molecule has 2 aromatic carbocycles. The molecule has 4 N–H and O–H groups in total. The van der Waals surface area contributed by atoms with Gasteiger partial charge in [-0.1, -0.05) is 26.3 Å². The normalized spacial score (nSPS) is 14.9. The quantitative estimate of drug-likeness (QED) is 0.380. The summed E-state index contributed by atoms with van der Waals surface area (Å²) in [6.45, 7) is 8.24. The van der Waals surface area contributed by atoms with Crippen molar-refractivity contribution >= 4 is 29.1 Å². The fourth-order valence-corrected chi connectivity index (χ4v) is 4.39. The largest absolute Gasteiger partial charge is 0.481 e. The van der Waals surface area contributed by atoms with E-state index >= 15 is 0 Å². The second kappa shape index (κ2) is 10.2. The van der Waals surface area contributed by atoms with Crippen LogP contribution in [-0.4, -0.2) is 40.9 Å². The maximum absolute atomic E-state index is 14.1. The number of anilines is 3. The zero-order valence-corrected chi connectivity index (χ0v) is 20.5. The third kappa shape index (κ3) is 6.28. The van der Waals surface area contributed by atoms with Crippen LogP contribution in [0.1, 0.15) is 52.5 Å². The molecule has 3 rings (SSSR count). The minimum Gasteiger partial charge on any atom is -0.481 e. The highest BCUT2D eigenvalue weighted by Crippen LogP contribution is 2.46. The Morgan fingerprint density at radius 2 is 1.74 bits per heavy atom. The lowest BCUT2D eigenvalue weighted by Crippen LogP contribution is -2.43. The van der Waals surface area contributed by atoms with Crippen molar-refractivity contribution in [3.8, 4) is 0 Å². The molecule has 2 amide bonds. The number of nitrogens with one attached hydrogen (secondary N) is 2. The van der Waals surface area contributed by atoms with Gasteiger partial charge < -0.3 is 25.7 Å². The summed E-state index contributed by atoms with van der Waals surface area (Å²) in [5.41, 5.74) is -0.762. The van der Waals surface area contributed by atoms with Gasteiger partial charge in [0.1, 0.15) is 11.6 Å². The summed E-state index contributed by atoms with van der Waals surface area (Å²) in [6.07, 6.45) is 1.78. The van der Waals surface area contributed by atoms with E-state index in [4.69, 9.17) is 0 Å². The molecule has 190 valence electrons. The number of aliphatic hydroxyl groups is 1. The van der Waals surface area contributed by atoms with Crippen molar-refractivity contribution in [2.45, 2.75) is 58.0 Å². The number of rotatable bonds is 9. The van der Waals surface area contributed by atoms with Gasteiger partial charge in [0.25, 0.3) is 0 Å². The first-order valence-corrected chi connectivity index (χ1v) is 11.7. The summed E-state index contributed by atoms with van der Waals surface area (Å²) in [5.74, 6) is -2.38. The van der Waals surface area contributed by atoms with Crippen LogP contribution in [0.5, 0.6) is 0 Å². The van der Waals surface area contributed by atoms with E-state index < -0.39 is 34.7 Å². The topological polar surface area (TPSA) is 102 Å². The molecule has 0 saturated heterocycles. The van der Waals surface area contributed by atoms with Crippen LogP contribution in [-0.2, 0) is 10.2 Å². The monoisotopic (exact) mass is 489 g/mol. The molecule has 35 heavy (non-hydrogen) atoms. The van der Waals surface area contributed by atoms with E-state index in [1.807, 2.05) is 18.7 Å². The van der Waals surface area contributed by atoms with Crippen molar-refractivity contribution in [2.75, 3.05) is 28.6 Å². The lowest BCUT2D eigenvalue weighted by molar-refractivity contribution is -0.147. The zero-order valence-electron chi connectivity index (χ0n) is 20.5. The standard InChI is InChI=1S/C26H33F2N3O4/c1-16(2)14-31(15-25(3,4)35)22-9-6-17(26(23(32)33)10-5-11-26)12-21(22)30-24(34)29-20-8-7-18(27)13-19(20)28/h6-9,12-13,16,35H,5,10-11,14-15H2,1-4H3,(H,32,33)(H2,29,30,34).